The number of nitrogens with zero attached hydrogens (tertiary/aromatic N) is 2. The standard InChI is InChI=1S/C12H14N2O4S/c15-11(14-3-5-18-6-4-14)8-19-10-2-1-9(7-13-10)12(16)17/h1-2,7H,3-6,8H2,(H,16,17). The molecule has 0 atom stereocenters. The van der Waals surface area contributed by atoms with Crippen molar-refractivity contribution in [2.45, 2.75) is 5.03 Å². The predicted octanol–water partition coefficient (Wildman–Crippen LogP) is 0.731. The molecule has 0 saturated carbocycles. The third-order valence-electron chi connectivity index (χ3n) is 2.69. The van der Waals surface area contributed by atoms with E-state index in [-0.39, 0.29) is 11.5 Å². The molecule has 0 aliphatic carbocycles. The monoisotopic (exact) mass is 282 g/mol. The maximum Gasteiger partial charge on any atom is 0.337 e. The van der Waals surface area contributed by atoms with Gasteiger partial charge in [-0.05, 0) is 12.1 Å². The van der Waals surface area contributed by atoms with Crippen molar-refractivity contribution in [3.63, 3.8) is 0 Å². The van der Waals surface area contributed by atoms with Gasteiger partial charge in [0.2, 0.25) is 5.91 Å². The van der Waals surface area contributed by atoms with Gasteiger partial charge in [0.1, 0.15) is 0 Å². The number of rotatable bonds is 4. The number of amides is 1. The van der Waals surface area contributed by atoms with Gasteiger partial charge in [-0.3, -0.25) is 4.79 Å². The van der Waals surface area contributed by atoms with Crippen LogP contribution >= 0.6 is 11.8 Å². The Bertz CT molecular complexity index is 457. The summed E-state index contributed by atoms with van der Waals surface area (Å²) in [4.78, 5) is 28.3. The number of carboxylic acid groups (broad SMARTS) is 1. The Morgan fingerprint density at radius 1 is 1.37 bits per heavy atom. The minimum atomic E-state index is -1.01. The van der Waals surface area contributed by atoms with Crippen LogP contribution in [-0.4, -0.2) is 58.9 Å². The molecule has 0 radical (unpaired) electrons. The van der Waals surface area contributed by atoms with Gasteiger partial charge in [-0.25, -0.2) is 9.78 Å². The minimum absolute atomic E-state index is 0.0532. The second kappa shape index (κ2) is 6.53. The van der Waals surface area contributed by atoms with Gasteiger partial charge in [0.25, 0.3) is 0 Å². The minimum Gasteiger partial charge on any atom is -0.478 e. The van der Waals surface area contributed by atoms with Gasteiger partial charge in [-0.2, -0.15) is 0 Å². The average Bonchev–Trinajstić information content (AvgIpc) is 2.46. The number of morpholine rings is 1. The van der Waals surface area contributed by atoms with Crippen molar-refractivity contribution in [2.24, 2.45) is 0 Å². The van der Waals surface area contributed by atoms with Crippen LogP contribution < -0.4 is 0 Å². The number of aromatic nitrogens is 1. The molecule has 2 rings (SSSR count). The third-order valence-corrected chi connectivity index (χ3v) is 3.62. The summed E-state index contributed by atoms with van der Waals surface area (Å²) in [7, 11) is 0. The number of carbonyl (C=O) groups excluding carboxylic acids is 1. The second-order valence-corrected chi connectivity index (χ2v) is 4.97. The molecule has 102 valence electrons. The van der Waals surface area contributed by atoms with Crippen LogP contribution in [0.3, 0.4) is 0 Å². The molecule has 1 aliphatic rings. The number of pyridine rings is 1. The molecule has 0 spiro atoms. The summed E-state index contributed by atoms with van der Waals surface area (Å²) in [5.74, 6) is -0.648. The lowest BCUT2D eigenvalue weighted by atomic mass is 10.3. The first-order chi connectivity index (χ1) is 9.16. The van der Waals surface area contributed by atoms with Crippen molar-refractivity contribution in [3.8, 4) is 0 Å². The van der Waals surface area contributed by atoms with Crippen molar-refractivity contribution in [1.29, 1.82) is 0 Å². The van der Waals surface area contributed by atoms with Crippen LogP contribution in [0.15, 0.2) is 23.4 Å². The van der Waals surface area contributed by atoms with Gasteiger partial charge in [0.15, 0.2) is 0 Å². The SMILES string of the molecule is O=C(O)c1ccc(SCC(=O)N2CCOCC2)nc1. The first-order valence-corrected chi connectivity index (χ1v) is 6.83. The van der Waals surface area contributed by atoms with E-state index in [0.717, 1.165) is 0 Å². The molecule has 1 saturated heterocycles. The zero-order valence-electron chi connectivity index (χ0n) is 10.2. The van der Waals surface area contributed by atoms with E-state index >= 15 is 0 Å². The van der Waals surface area contributed by atoms with Crippen molar-refractivity contribution < 1.29 is 19.4 Å². The van der Waals surface area contributed by atoms with E-state index in [9.17, 15) is 9.59 Å². The highest BCUT2D eigenvalue weighted by molar-refractivity contribution is 7.99. The van der Waals surface area contributed by atoms with E-state index in [4.69, 9.17) is 9.84 Å². The van der Waals surface area contributed by atoms with Gasteiger partial charge in [-0.15, -0.1) is 0 Å². The van der Waals surface area contributed by atoms with Crippen LogP contribution in [0.2, 0.25) is 0 Å². The number of hydrogen-bond donors (Lipinski definition) is 1. The maximum absolute atomic E-state index is 11.9. The first-order valence-electron chi connectivity index (χ1n) is 5.84. The topological polar surface area (TPSA) is 79.7 Å². The molecule has 6 nitrogen and oxygen atoms in total. The molecule has 1 aromatic rings. The molecule has 1 aromatic heterocycles. The fourth-order valence-corrected chi connectivity index (χ4v) is 2.38. The lowest BCUT2D eigenvalue weighted by molar-refractivity contribution is -0.132. The molecular formula is C12H14N2O4S. The lowest BCUT2D eigenvalue weighted by Gasteiger charge is -2.26. The zero-order valence-corrected chi connectivity index (χ0v) is 11.1. The predicted molar refractivity (Wildman–Crippen MR) is 69.3 cm³/mol. The molecule has 0 unspecified atom stereocenters. The summed E-state index contributed by atoms with van der Waals surface area (Å²) in [5.41, 5.74) is 0.142. The van der Waals surface area contributed by atoms with Gasteiger partial charge in [-0.1, -0.05) is 11.8 Å². The average molecular weight is 282 g/mol. The smallest absolute Gasteiger partial charge is 0.337 e. The molecule has 0 aromatic carbocycles. The van der Waals surface area contributed by atoms with Crippen molar-refractivity contribution >= 4 is 23.6 Å². The number of carbonyl (C=O) groups is 2. The summed E-state index contributed by atoms with van der Waals surface area (Å²) < 4.78 is 5.18. The molecule has 0 bridgehead atoms. The summed E-state index contributed by atoms with van der Waals surface area (Å²) >= 11 is 1.31. The number of thioether (sulfide) groups is 1. The van der Waals surface area contributed by atoms with Gasteiger partial charge in [0.05, 0.1) is 29.6 Å². The van der Waals surface area contributed by atoms with Crippen LogP contribution in [0.5, 0.6) is 0 Å². The van der Waals surface area contributed by atoms with Crippen LogP contribution in [0, 0.1) is 0 Å². The van der Waals surface area contributed by atoms with Crippen LogP contribution in [0.25, 0.3) is 0 Å². The highest BCUT2D eigenvalue weighted by atomic mass is 32.2. The molecule has 2 heterocycles. The fraction of sp³-hybridized carbons (Fsp3) is 0.417. The Balaban J connectivity index is 1.84. The lowest BCUT2D eigenvalue weighted by Crippen LogP contribution is -2.41. The van der Waals surface area contributed by atoms with Crippen molar-refractivity contribution in [2.75, 3.05) is 32.1 Å². The number of hydrogen-bond acceptors (Lipinski definition) is 5. The highest BCUT2D eigenvalue weighted by Crippen LogP contribution is 2.16. The summed E-state index contributed by atoms with van der Waals surface area (Å²) in [6.07, 6.45) is 1.30. The van der Waals surface area contributed by atoms with E-state index in [2.05, 4.69) is 4.98 Å². The maximum atomic E-state index is 11.9. The summed E-state index contributed by atoms with van der Waals surface area (Å²) in [6, 6.07) is 3.09. The van der Waals surface area contributed by atoms with Crippen LogP contribution in [0.4, 0.5) is 0 Å². The van der Waals surface area contributed by atoms with Gasteiger partial charge < -0.3 is 14.7 Å². The largest absolute Gasteiger partial charge is 0.478 e. The van der Waals surface area contributed by atoms with Crippen molar-refractivity contribution in [1.82, 2.24) is 9.88 Å². The second-order valence-electron chi connectivity index (χ2n) is 3.97. The Kier molecular flexibility index (Phi) is 4.75. The Morgan fingerprint density at radius 2 is 2.11 bits per heavy atom. The molecule has 19 heavy (non-hydrogen) atoms. The fourth-order valence-electron chi connectivity index (χ4n) is 1.63. The highest BCUT2D eigenvalue weighted by Gasteiger charge is 2.16. The number of ether oxygens (including phenoxy) is 1. The van der Waals surface area contributed by atoms with E-state index in [0.29, 0.717) is 37.1 Å². The van der Waals surface area contributed by atoms with Crippen LogP contribution in [-0.2, 0) is 9.53 Å². The molecule has 1 fully saturated rings. The Hall–Kier alpha value is -1.60. The first kappa shape index (κ1) is 13.8. The molecular weight excluding hydrogens is 268 g/mol. The van der Waals surface area contributed by atoms with E-state index < -0.39 is 5.97 Å². The van der Waals surface area contributed by atoms with E-state index in [1.807, 2.05) is 0 Å². The number of carboxylic acids is 1. The van der Waals surface area contributed by atoms with Crippen molar-refractivity contribution in [3.05, 3.63) is 23.9 Å². The molecule has 1 N–H and O–H groups in total. The zero-order chi connectivity index (χ0) is 13.7. The van der Waals surface area contributed by atoms with Gasteiger partial charge >= 0.3 is 5.97 Å². The summed E-state index contributed by atoms with van der Waals surface area (Å²) in [5, 5.41) is 9.39. The van der Waals surface area contributed by atoms with Gasteiger partial charge in [0, 0.05) is 19.3 Å². The number of aromatic carboxylic acids is 1. The Morgan fingerprint density at radius 3 is 2.68 bits per heavy atom. The van der Waals surface area contributed by atoms with E-state index in [1.165, 1.54) is 24.0 Å². The molecule has 1 amide bonds. The van der Waals surface area contributed by atoms with Crippen LogP contribution in [0.1, 0.15) is 10.4 Å². The third kappa shape index (κ3) is 3.93. The summed E-state index contributed by atoms with van der Waals surface area (Å²) in [6.45, 7) is 2.43. The molecule has 7 heteroatoms. The molecule has 1 aliphatic heterocycles. The van der Waals surface area contributed by atoms with E-state index in [1.54, 1.807) is 11.0 Å². The quantitative estimate of drug-likeness (QED) is 0.820. The normalized spacial score (nSPS) is 15.3. The Labute approximate surface area is 114 Å².